The minimum absolute atomic E-state index is 0.0368. The molecule has 0 amide bonds. The molecule has 10 nitrogen and oxygen atoms in total. The summed E-state index contributed by atoms with van der Waals surface area (Å²) in [7, 11) is 0. The average molecular weight is 1110 g/mol. The van der Waals surface area contributed by atoms with Gasteiger partial charge in [-0.05, 0) is 80.2 Å². The molecular formula is C38H29Cl7F12N6O4. The van der Waals surface area contributed by atoms with Crippen LogP contribution in [-0.4, -0.2) is 83.6 Å². The Hall–Kier alpha value is -3.51. The molecule has 2 atom stereocenters. The summed E-state index contributed by atoms with van der Waals surface area (Å²) in [6.07, 6.45) is -18.3. The fourth-order valence-corrected chi connectivity index (χ4v) is 7.98. The number of hydrogen-bond donors (Lipinski definition) is 1. The lowest BCUT2D eigenvalue weighted by atomic mass is 9.79. The van der Waals surface area contributed by atoms with Gasteiger partial charge in [-0.2, -0.15) is 52.7 Å². The number of benzene rings is 2. The lowest BCUT2D eigenvalue weighted by molar-refractivity contribution is -0.185. The summed E-state index contributed by atoms with van der Waals surface area (Å²) < 4.78 is 170. The van der Waals surface area contributed by atoms with Gasteiger partial charge in [-0.1, -0.05) is 69.6 Å². The lowest BCUT2D eigenvalue weighted by Gasteiger charge is -2.32. The summed E-state index contributed by atoms with van der Waals surface area (Å²) in [5, 5.41) is 1.78. The van der Waals surface area contributed by atoms with Crippen LogP contribution in [0, 0.1) is 0 Å². The molecule has 4 heterocycles. The van der Waals surface area contributed by atoms with Gasteiger partial charge in [0.2, 0.25) is 11.2 Å². The molecule has 2 unspecified atom stereocenters. The number of ether oxygens (including phenoxy) is 2. The topological polar surface area (TPSA) is 119 Å². The van der Waals surface area contributed by atoms with Gasteiger partial charge in [-0.3, -0.25) is 0 Å². The second kappa shape index (κ2) is 21.6. The Bertz CT molecular complexity index is 2410. The van der Waals surface area contributed by atoms with Crippen molar-refractivity contribution in [3.05, 3.63) is 106 Å². The third-order valence-electron chi connectivity index (χ3n) is 9.93. The Morgan fingerprint density at radius 1 is 0.642 bits per heavy atom. The predicted molar refractivity (Wildman–Crippen MR) is 224 cm³/mol. The van der Waals surface area contributed by atoms with E-state index in [0.29, 0.717) is 18.9 Å². The molecule has 2 aromatic heterocycles. The van der Waals surface area contributed by atoms with Crippen molar-refractivity contribution >= 4 is 99.1 Å². The molecule has 2 fully saturated rings. The Kier molecular flexibility index (Phi) is 18.1. The smallest absolute Gasteiger partial charge is 0.434 e. The predicted octanol–water partition coefficient (Wildman–Crippen LogP) is 13.1. The summed E-state index contributed by atoms with van der Waals surface area (Å²) in [4.78, 5) is 37.3. The van der Waals surface area contributed by atoms with Gasteiger partial charge in [-0.25, -0.2) is 29.5 Å². The van der Waals surface area contributed by atoms with E-state index in [9.17, 15) is 62.3 Å². The Balaban J connectivity index is 0.000000242. The fraction of sp³-hybridized carbons (Fsp3) is 0.421. The van der Waals surface area contributed by atoms with Gasteiger partial charge in [0.15, 0.2) is 11.4 Å². The molecule has 2 aromatic carbocycles. The minimum Gasteiger partial charge on any atom is -0.462 e. The van der Waals surface area contributed by atoms with E-state index in [1.807, 2.05) is 0 Å². The van der Waals surface area contributed by atoms with Crippen molar-refractivity contribution in [2.45, 2.75) is 62.2 Å². The van der Waals surface area contributed by atoms with Crippen LogP contribution in [0.3, 0.4) is 0 Å². The molecule has 67 heavy (non-hydrogen) atoms. The number of rotatable bonds is 7. The molecule has 6 rings (SSSR count). The third kappa shape index (κ3) is 12.6. The average Bonchev–Trinajstić information content (AvgIpc) is 3.92. The molecule has 0 aliphatic carbocycles. The minimum atomic E-state index is -5.07. The number of hydrogen-bond acceptors (Lipinski definition) is 10. The molecule has 0 saturated carbocycles. The molecule has 4 aromatic rings. The van der Waals surface area contributed by atoms with Crippen LogP contribution in [0.5, 0.6) is 0 Å². The summed E-state index contributed by atoms with van der Waals surface area (Å²) in [5.74, 6) is -3.05. The number of carbonyl (C=O) groups excluding carboxylic acids is 2. The van der Waals surface area contributed by atoms with E-state index in [-0.39, 0.29) is 74.0 Å². The Labute approximate surface area is 406 Å². The molecule has 368 valence electrons. The molecule has 0 bridgehead atoms. The number of carbonyl (C=O) groups is 2. The van der Waals surface area contributed by atoms with Crippen LogP contribution < -0.4 is 10.2 Å². The standard InChI is InChI=1S/C19H14Cl3F6N3O2.C11H9Cl3F3N.C8H6ClF3N2O2/c1-2-33-15(32)10-7-29-16(30-14(10)18(23,24)25)31-4-3-17(8-31,19(26,27)28)9-5-11(20)13(22)12(21)6-9;12-7-3-6(4-8(13)9(7)14)10(11(15,16)17)1-2-18-5-10;1-2-16-6(15)4-3-13-7(9)14-5(4)8(10,11)12/h5-7H,2-4,8H2,1H3;3-4,18H,1-2,5H2;3H,2H2,1H3. The molecule has 0 spiro atoms. The second-order valence-corrected chi connectivity index (χ2v) is 16.8. The van der Waals surface area contributed by atoms with Crippen LogP contribution in [0.1, 0.15) is 69.9 Å². The van der Waals surface area contributed by atoms with E-state index in [1.54, 1.807) is 0 Å². The maximum atomic E-state index is 14.3. The number of nitrogens with zero attached hydrogens (tertiary/aromatic N) is 5. The summed E-state index contributed by atoms with van der Waals surface area (Å²) in [6.45, 7) is 1.64. The highest BCUT2D eigenvalue weighted by molar-refractivity contribution is 6.48. The fourth-order valence-electron chi connectivity index (χ4n) is 6.65. The van der Waals surface area contributed by atoms with Crippen molar-refractivity contribution in [3.63, 3.8) is 0 Å². The van der Waals surface area contributed by atoms with E-state index in [4.69, 9.17) is 81.2 Å². The SMILES string of the molecule is CCOC(=O)c1cnc(Cl)nc1C(F)(F)F.CCOC(=O)c1cnc(N2CCC(c3cc(Cl)c(Cl)c(Cl)c3)(C(F)(F)F)C2)nc1C(F)(F)F.FC(F)(F)C1(c2cc(Cl)c(Cl)c(Cl)c2)CCNC1. The van der Waals surface area contributed by atoms with Crippen molar-refractivity contribution < 1.29 is 71.7 Å². The van der Waals surface area contributed by atoms with Gasteiger partial charge in [0.25, 0.3) is 0 Å². The van der Waals surface area contributed by atoms with E-state index < -0.39 is 94.2 Å². The summed E-state index contributed by atoms with van der Waals surface area (Å²) in [6, 6.07) is 4.55. The number of halogens is 19. The highest BCUT2D eigenvalue weighted by Gasteiger charge is 2.60. The van der Waals surface area contributed by atoms with Gasteiger partial charge >= 0.3 is 36.6 Å². The number of aromatic nitrogens is 4. The molecule has 1 N–H and O–H groups in total. The molecule has 2 aliphatic rings. The monoisotopic (exact) mass is 1110 g/mol. The largest absolute Gasteiger partial charge is 0.462 e. The first-order chi connectivity index (χ1) is 30.8. The molecular weight excluding hydrogens is 1080 g/mol. The first-order valence-electron chi connectivity index (χ1n) is 18.6. The van der Waals surface area contributed by atoms with Crippen molar-refractivity contribution in [3.8, 4) is 0 Å². The van der Waals surface area contributed by atoms with Crippen LogP contribution >= 0.6 is 81.2 Å². The maximum absolute atomic E-state index is 14.3. The zero-order valence-corrected chi connectivity index (χ0v) is 39.0. The highest BCUT2D eigenvalue weighted by atomic mass is 35.5. The van der Waals surface area contributed by atoms with Crippen LogP contribution in [0.15, 0.2) is 36.7 Å². The van der Waals surface area contributed by atoms with Crippen molar-refractivity contribution in [2.24, 2.45) is 0 Å². The van der Waals surface area contributed by atoms with Crippen molar-refractivity contribution in [1.82, 2.24) is 25.3 Å². The van der Waals surface area contributed by atoms with Gasteiger partial charge in [0.05, 0.1) is 43.3 Å². The van der Waals surface area contributed by atoms with Gasteiger partial charge in [-0.15, -0.1) is 0 Å². The van der Waals surface area contributed by atoms with E-state index in [2.05, 4.69) is 34.7 Å². The number of anilines is 1. The zero-order valence-electron chi connectivity index (χ0n) is 33.7. The highest BCUT2D eigenvalue weighted by Crippen LogP contribution is 2.51. The van der Waals surface area contributed by atoms with E-state index >= 15 is 0 Å². The number of alkyl halides is 12. The Morgan fingerprint density at radius 2 is 1.06 bits per heavy atom. The second-order valence-electron chi connectivity index (χ2n) is 14.0. The van der Waals surface area contributed by atoms with E-state index in [1.165, 1.54) is 26.0 Å². The molecule has 2 aliphatic heterocycles. The molecule has 2 saturated heterocycles. The van der Waals surface area contributed by atoms with Crippen molar-refractivity contribution in [2.75, 3.05) is 44.3 Å². The quantitative estimate of drug-likeness (QED) is 0.0829. The van der Waals surface area contributed by atoms with Gasteiger partial charge in [0.1, 0.15) is 22.0 Å². The summed E-state index contributed by atoms with van der Waals surface area (Å²) >= 11 is 40.3. The molecule has 0 radical (unpaired) electrons. The van der Waals surface area contributed by atoms with Crippen LogP contribution in [0.4, 0.5) is 58.6 Å². The first kappa shape index (κ1) is 56.1. The van der Waals surface area contributed by atoms with Crippen molar-refractivity contribution in [1.29, 1.82) is 0 Å². The van der Waals surface area contributed by atoms with Crippen LogP contribution in [0.25, 0.3) is 0 Å². The molecule has 29 heteroatoms. The van der Waals surface area contributed by atoms with Crippen LogP contribution in [-0.2, 0) is 32.7 Å². The van der Waals surface area contributed by atoms with Gasteiger partial charge in [0, 0.05) is 32.0 Å². The van der Waals surface area contributed by atoms with Crippen LogP contribution in [0.2, 0.25) is 35.4 Å². The maximum Gasteiger partial charge on any atom is 0.434 e. The Morgan fingerprint density at radius 3 is 1.45 bits per heavy atom. The zero-order chi connectivity index (χ0) is 50.7. The number of nitrogens with one attached hydrogen (secondary N) is 1. The normalized spacial score (nSPS) is 18.7. The number of esters is 2. The third-order valence-corrected chi connectivity index (χ3v) is 12.5. The first-order valence-corrected chi connectivity index (χ1v) is 21.3. The summed E-state index contributed by atoms with van der Waals surface area (Å²) in [5.41, 5.74) is -9.39. The van der Waals surface area contributed by atoms with Gasteiger partial charge < -0.3 is 19.7 Å². The lowest BCUT2D eigenvalue weighted by Crippen LogP contribution is -2.45. The van der Waals surface area contributed by atoms with E-state index in [0.717, 1.165) is 17.0 Å².